The first-order chi connectivity index (χ1) is 29.3. The number of anilines is 1. The largest absolute Gasteiger partial charge is 0.481 e. The molecule has 0 fully saturated rings. The van der Waals surface area contributed by atoms with Gasteiger partial charge in [-0.1, -0.05) is 24.2 Å². The number of nitrogens with zero attached hydrogens (tertiary/aromatic N) is 2. The lowest BCUT2D eigenvalue weighted by molar-refractivity contribution is -0.146. The molecule has 0 saturated carbocycles. The van der Waals surface area contributed by atoms with Crippen LogP contribution in [0.4, 0.5) is 5.13 Å². The number of carbonyl (C=O) groups is 12. The molecule has 0 bridgehead atoms. The molecule has 1 rings (SSSR count). The van der Waals surface area contributed by atoms with Gasteiger partial charge in [0, 0.05) is 44.3 Å². The molecule has 63 heavy (non-hydrogen) atoms. The van der Waals surface area contributed by atoms with Crippen LogP contribution in [0.1, 0.15) is 89.9 Å². The Bertz CT molecular complexity index is 2010. The zero-order valence-corrected chi connectivity index (χ0v) is 35.7. The monoisotopic (exact) mass is 953 g/mol. The van der Waals surface area contributed by atoms with Crippen molar-refractivity contribution in [1.29, 1.82) is 0 Å². The average Bonchev–Trinajstić information content (AvgIpc) is 3.64. The summed E-state index contributed by atoms with van der Waals surface area (Å²) in [5, 5.41) is 66.8. The molecule has 4 amide bonds. The molecule has 1 aromatic rings. The molecule has 0 aliphatic heterocycles. The molecule has 29 heteroatoms. The Hall–Kier alpha value is -5.94. The lowest BCUT2D eigenvalue weighted by Crippen LogP contribution is -2.49. The van der Waals surface area contributed by atoms with Gasteiger partial charge in [0.05, 0.1) is 49.6 Å². The lowest BCUT2D eigenvalue weighted by Gasteiger charge is -2.23. The summed E-state index contributed by atoms with van der Waals surface area (Å²) >= 11 is 4.30. The second kappa shape index (κ2) is 27.2. The van der Waals surface area contributed by atoms with E-state index in [0.29, 0.717) is 30.6 Å². The second-order valence-corrected chi connectivity index (χ2v) is 16.9. The molecule has 0 unspecified atom stereocenters. The van der Waals surface area contributed by atoms with Crippen molar-refractivity contribution < 1.29 is 91.5 Å². The van der Waals surface area contributed by atoms with Crippen molar-refractivity contribution in [3.63, 3.8) is 0 Å². The summed E-state index contributed by atoms with van der Waals surface area (Å²) in [4.78, 5) is 147. The topological polar surface area (TPSA) is 440 Å². The first-order valence-electron chi connectivity index (χ1n) is 18.7. The van der Waals surface area contributed by atoms with E-state index in [9.17, 15) is 91.5 Å². The van der Waals surface area contributed by atoms with Gasteiger partial charge >= 0.3 is 29.8 Å². The fourth-order valence-electron chi connectivity index (χ4n) is 5.47. The minimum atomic E-state index is -4.10. The lowest BCUT2D eigenvalue weighted by atomic mass is 9.91. The fourth-order valence-corrected chi connectivity index (χ4v) is 7.07. The highest BCUT2D eigenvalue weighted by Crippen LogP contribution is 2.20. The first-order valence-corrected chi connectivity index (χ1v) is 21.7. The number of sulfonamides is 1. The van der Waals surface area contributed by atoms with Crippen molar-refractivity contribution in [2.75, 3.05) is 11.1 Å². The summed E-state index contributed by atoms with van der Waals surface area (Å²) in [6, 6.07) is -5.39. The van der Waals surface area contributed by atoms with Crippen LogP contribution in [-0.4, -0.2) is 139 Å². The number of aliphatic carboxylic acids is 5. The third kappa shape index (κ3) is 22.6. The summed E-state index contributed by atoms with van der Waals surface area (Å²) in [5.41, 5.74) is 0. The van der Waals surface area contributed by atoms with Crippen molar-refractivity contribution in [1.82, 2.24) is 26.1 Å². The number of nitrogens with one attached hydrogen (secondary N) is 4. The molecule has 26 nitrogen and oxygen atoms in total. The molecule has 1 heterocycles. The summed E-state index contributed by atoms with van der Waals surface area (Å²) < 4.78 is 22.0. The number of hydrogen-bond donors (Lipinski definition) is 11. The maximum absolute atomic E-state index is 13.3. The Balaban J connectivity index is 2.83. The molecule has 5 atom stereocenters. The number of carbonyl (C=O) groups excluding carboxylic acids is 7. The standard InChI is InChI=1S/C34H47N7O19S3/c35-63(59,60)34-41-40-33(62-34)39-25(46)8-7-18(42)5-3-1-2-4-6-24(45)36-19(13-28(51)52)22(43)9-16(11-26(47)48)30(55)37-20(14-29(53)54)23(44)10-17(12-27(49)50)31(56)38-21(15-61)32(57)58/h16-17,19-21,61H,1-15H2,(H,36,45)(H,37,55)(H,38,56)(H,47,48)(H,49,50)(H,51,52)(H,53,54)(H,57,58)(H2,35,59,60)(H,39,40,46)/t16-,17-,19-,20-,21-/m0/s1. The van der Waals surface area contributed by atoms with Crippen LogP contribution in [0.3, 0.4) is 0 Å². The Morgan fingerprint density at radius 3 is 1.46 bits per heavy atom. The van der Waals surface area contributed by atoms with Crippen LogP contribution < -0.4 is 26.4 Å². The third-order valence-corrected chi connectivity index (χ3v) is 11.1. The summed E-state index contributed by atoms with van der Waals surface area (Å²) in [5.74, 6) is -18.7. The van der Waals surface area contributed by atoms with Crippen molar-refractivity contribution in [3.05, 3.63) is 0 Å². The summed E-state index contributed by atoms with van der Waals surface area (Å²) in [6.45, 7) is 0. The van der Waals surface area contributed by atoms with E-state index < -0.39 is 154 Å². The van der Waals surface area contributed by atoms with Gasteiger partial charge in [0.15, 0.2) is 11.6 Å². The molecule has 1 aromatic heterocycles. The Morgan fingerprint density at radius 1 is 0.571 bits per heavy atom. The molecular formula is C34H47N7O19S3. The third-order valence-electron chi connectivity index (χ3n) is 8.60. The van der Waals surface area contributed by atoms with Crippen LogP contribution in [0.25, 0.3) is 0 Å². The molecule has 0 aliphatic rings. The SMILES string of the molecule is NS(=O)(=O)c1nnc(NC(=O)CCC(=O)CCCCCCC(=O)N[C@@H](CC(=O)O)C(=O)C[C@@H](CC(=O)O)C(=O)N[C@@H](CC(=O)O)C(=O)C[C@@H](CC(=O)O)C(=O)N[C@@H](CS)C(=O)O)s1. The van der Waals surface area contributed by atoms with Gasteiger partial charge < -0.3 is 46.8 Å². The van der Waals surface area contributed by atoms with E-state index in [1.54, 1.807) is 0 Å². The highest BCUT2D eigenvalue weighted by atomic mass is 32.2. The van der Waals surface area contributed by atoms with E-state index in [0.717, 1.165) is 0 Å². The summed E-state index contributed by atoms with van der Waals surface area (Å²) in [7, 11) is -4.10. The van der Waals surface area contributed by atoms with Gasteiger partial charge in [-0.25, -0.2) is 18.4 Å². The Labute approximate surface area is 367 Å². The van der Waals surface area contributed by atoms with Crippen molar-refractivity contribution in [2.45, 2.75) is 112 Å². The van der Waals surface area contributed by atoms with Crippen molar-refractivity contribution in [3.8, 4) is 0 Å². The number of amides is 4. The highest BCUT2D eigenvalue weighted by Gasteiger charge is 2.35. The quantitative estimate of drug-likeness (QED) is 0.0213. The van der Waals surface area contributed by atoms with Crippen LogP contribution in [0.5, 0.6) is 0 Å². The van der Waals surface area contributed by atoms with Crippen LogP contribution >= 0.6 is 24.0 Å². The number of aromatic nitrogens is 2. The Kier molecular flexibility index (Phi) is 23.8. The molecular weight excluding hydrogens is 907 g/mol. The predicted molar refractivity (Wildman–Crippen MR) is 214 cm³/mol. The molecule has 0 radical (unpaired) electrons. The van der Waals surface area contributed by atoms with E-state index in [1.165, 1.54) is 0 Å². The summed E-state index contributed by atoms with van der Waals surface area (Å²) in [6.07, 6.45) is -5.38. The molecule has 11 N–H and O–H groups in total. The van der Waals surface area contributed by atoms with E-state index in [-0.39, 0.29) is 43.0 Å². The fraction of sp³-hybridized carbons (Fsp3) is 0.588. The number of nitrogens with two attached hydrogens (primary N) is 1. The normalized spacial score (nSPS) is 13.5. The van der Waals surface area contributed by atoms with Gasteiger partial charge in [0.2, 0.25) is 33.1 Å². The van der Waals surface area contributed by atoms with E-state index in [4.69, 9.17) is 5.14 Å². The number of ketones is 3. The van der Waals surface area contributed by atoms with Crippen LogP contribution in [0, 0.1) is 11.8 Å². The molecule has 0 aliphatic carbocycles. The average molecular weight is 954 g/mol. The van der Waals surface area contributed by atoms with E-state index in [1.807, 2.05) is 10.6 Å². The van der Waals surface area contributed by atoms with Gasteiger partial charge in [-0.2, -0.15) is 12.6 Å². The number of hydrogen-bond acceptors (Lipinski definition) is 18. The molecule has 0 aromatic carbocycles. The zero-order chi connectivity index (χ0) is 48.0. The van der Waals surface area contributed by atoms with Crippen molar-refractivity contribution in [2.24, 2.45) is 17.0 Å². The number of carboxylic acid groups (broad SMARTS) is 5. The number of carboxylic acids is 5. The molecule has 0 saturated heterocycles. The van der Waals surface area contributed by atoms with Crippen molar-refractivity contribution >= 4 is 110 Å². The van der Waals surface area contributed by atoms with Gasteiger partial charge in [0.25, 0.3) is 10.0 Å². The highest BCUT2D eigenvalue weighted by molar-refractivity contribution is 7.91. The van der Waals surface area contributed by atoms with Gasteiger partial charge in [-0.3, -0.25) is 52.7 Å². The van der Waals surface area contributed by atoms with Gasteiger partial charge in [0.1, 0.15) is 11.8 Å². The maximum atomic E-state index is 13.3. The van der Waals surface area contributed by atoms with Crippen LogP contribution in [-0.2, 0) is 67.6 Å². The van der Waals surface area contributed by atoms with Crippen LogP contribution in [0.2, 0.25) is 0 Å². The number of primary sulfonamides is 1. The Morgan fingerprint density at radius 2 is 1.03 bits per heavy atom. The van der Waals surface area contributed by atoms with E-state index in [2.05, 4.69) is 33.5 Å². The second-order valence-electron chi connectivity index (χ2n) is 13.8. The first kappa shape index (κ1) is 55.1. The predicted octanol–water partition coefficient (Wildman–Crippen LogP) is -1.67. The van der Waals surface area contributed by atoms with Crippen LogP contribution in [0.15, 0.2) is 4.34 Å². The zero-order valence-electron chi connectivity index (χ0n) is 33.2. The number of rotatable bonds is 33. The number of unbranched alkanes of at least 4 members (excludes halogenated alkanes) is 3. The minimum absolute atomic E-state index is 0.0907. The smallest absolute Gasteiger partial charge is 0.327 e. The number of Topliss-reactive ketones (excluding diaryl/α,β-unsaturated/α-hetero) is 3. The minimum Gasteiger partial charge on any atom is -0.481 e. The van der Waals surface area contributed by atoms with Gasteiger partial charge in [-0.15, -0.1) is 10.2 Å². The van der Waals surface area contributed by atoms with Gasteiger partial charge in [-0.05, 0) is 12.8 Å². The maximum Gasteiger partial charge on any atom is 0.327 e. The molecule has 350 valence electrons. The molecule has 0 spiro atoms. The number of thiol groups is 1. The van der Waals surface area contributed by atoms with E-state index >= 15 is 0 Å².